The largest absolute Gasteiger partial charge is 0.425 e. The van der Waals surface area contributed by atoms with E-state index in [0.717, 1.165) is 5.56 Å². The van der Waals surface area contributed by atoms with E-state index in [2.05, 4.69) is 0 Å². The van der Waals surface area contributed by atoms with E-state index in [9.17, 15) is 14.4 Å². The number of hydrogen-bond donors (Lipinski definition) is 0. The van der Waals surface area contributed by atoms with Gasteiger partial charge in [-0.1, -0.05) is 42.5 Å². The van der Waals surface area contributed by atoms with Gasteiger partial charge in [0.25, 0.3) is 0 Å². The summed E-state index contributed by atoms with van der Waals surface area (Å²) in [7, 11) is 0. The summed E-state index contributed by atoms with van der Waals surface area (Å²) >= 11 is 0. The number of Topliss-reactive ketones (excluding diaryl/α,β-unsaturated/α-hetero) is 1. The number of hydrogen-bond acceptors (Lipinski definition) is 5. The van der Waals surface area contributed by atoms with Crippen molar-refractivity contribution in [3.63, 3.8) is 0 Å². The van der Waals surface area contributed by atoms with Crippen molar-refractivity contribution in [3.8, 4) is 5.75 Å². The van der Waals surface area contributed by atoms with Crippen molar-refractivity contribution in [1.82, 2.24) is 0 Å². The first-order valence-corrected chi connectivity index (χ1v) is 8.26. The van der Waals surface area contributed by atoms with Crippen LogP contribution in [0.2, 0.25) is 0 Å². The van der Waals surface area contributed by atoms with Gasteiger partial charge in [-0.2, -0.15) is 0 Å². The van der Waals surface area contributed by atoms with Gasteiger partial charge in [0.2, 0.25) is 0 Å². The molecule has 0 amide bonds. The summed E-state index contributed by atoms with van der Waals surface area (Å²) in [6.07, 6.45) is 0.0986. The van der Waals surface area contributed by atoms with Gasteiger partial charge in [0, 0.05) is 19.3 Å². The molecule has 0 unspecified atom stereocenters. The van der Waals surface area contributed by atoms with Crippen molar-refractivity contribution >= 4 is 22.7 Å². The van der Waals surface area contributed by atoms with Gasteiger partial charge in [-0.05, 0) is 24.6 Å². The molecule has 0 saturated carbocycles. The average Bonchev–Trinajstić information content (AvgIpc) is 2.60. The Morgan fingerprint density at radius 2 is 1.65 bits per heavy atom. The zero-order valence-corrected chi connectivity index (χ0v) is 14.5. The molecule has 3 rings (SSSR count). The SMILES string of the molecule is CC(=O)C[C@@H](c1ccccc1)c1c(OC(C)=O)c2ccccc2oc1=O. The molecule has 0 saturated heterocycles. The third kappa shape index (κ3) is 3.57. The van der Waals surface area contributed by atoms with Gasteiger partial charge < -0.3 is 9.15 Å². The summed E-state index contributed by atoms with van der Waals surface area (Å²) < 4.78 is 10.9. The molecule has 132 valence electrons. The molecule has 5 nitrogen and oxygen atoms in total. The molecule has 26 heavy (non-hydrogen) atoms. The fourth-order valence-electron chi connectivity index (χ4n) is 3.05. The Morgan fingerprint density at radius 1 is 1.00 bits per heavy atom. The summed E-state index contributed by atoms with van der Waals surface area (Å²) in [5, 5.41) is 0.516. The van der Waals surface area contributed by atoms with E-state index in [0.29, 0.717) is 11.0 Å². The Labute approximate surface area is 150 Å². The molecule has 0 aliphatic heterocycles. The maximum absolute atomic E-state index is 12.8. The van der Waals surface area contributed by atoms with E-state index in [4.69, 9.17) is 9.15 Å². The van der Waals surface area contributed by atoms with E-state index in [-0.39, 0.29) is 23.5 Å². The molecule has 3 aromatic rings. The van der Waals surface area contributed by atoms with Crippen LogP contribution >= 0.6 is 0 Å². The Hall–Kier alpha value is -3.21. The molecule has 0 spiro atoms. The van der Waals surface area contributed by atoms with Gasteiger partial charge >= 0.3 is 11.6 Å². The molecule has 0 bridgehead atoms. The summed E-state index contributed by atoms with van der Waals surface area (Å²) in [6, 6.07) is 16.0. The monoisotopic (exact) mass is 350 g/mol. The highest BCUT2D eigenvalue weighted by Crippen LogP contribution is 2.37. The Bertz CT molecular complexity index is 1020. The minimum absolute atomic E-state index is 0.0832. The van der Waals surface area contributed by atoms with Crippen molar-refractivity contribution in [2.75, 3.05) is 0 Å². The van der Waals surface area contributed by atoms with Gasteiger partial charge in [0.1, 0.15) is 11.4 Å². The molecule has 0 fully saturated rings. The number of carbonyl (C=O) groups excluding carboxylic acids is 2. The second-order valence-corrected chi connectivity index (χ2v) is 6.09. The van der Waals surface area contributed by atoms with Crippen LogP contribution in [0.5, 0.6) is 5.75 Å². The average molecular weight is 350 g/mol. The van der Waals surface area contributed by atoms with Crippen molar-refractivity contribution in [3.05, 3.63) is 76.1 Å². The van der Waals surface area contributed by atoms with Crippen LogP contribution in [0.4, 0.5) is 0 Å². The fourth-order valence-corrected chi connectivity index (χ4v) is 3.05. The van der Waals surface area contributed by atoms with E-state index >= 15 is 0 Å². The number of carbonyl (C=O) groups is 2. The van der Waals surface area contributed by atoms with Crippen molar-refractivity contribution in [2.24, 2.45) is 0 Å². The molecule has 0 aliphatic rings. The lowest BCUT2D eigenvalue weighted by Crippen LogP contribution is -2.19. The van der Waals surface area contributed by atoms with Crippen LogP contribution in [0.15, 0.2) is 63.8 Å². The molecular formula is C21H18O5. The summed E-state index contributed by atoms with van der Waals surface area (Å²) in [5.41, 5.74) is 0.668. The highest BCUT2D eigenvalue weighted by molar-refractivity contribution is 5.88. The van der Waals surface area contributed by atoms with Crippen LogP contribution in [0.1, 0.15) is 37.3 Å². The number of fused-ring (bicyclic) bond motifs is 1. The third-order valence-corrected chi connectivity index (χ3v) is 4.09. The number of esters is 1. The predicted octanol–water partition coefficient (Wildman–Crippen LogP) is 3.83. The van der Waals surface area contributed by atoms with E-state index < -0.39 is 17.5 Å². The lowest BCUT2D eigenvalue weighted by molar-refractivity contribution is -0.131. The molecule has 5 heteroatoms. The first-order valence-electron chi connectivity index (χ1n) is 8.26. The predicted molar refractivity (Wildman–Crippen MR) is 97.4 cm³/mol. The second kappa shape index (κ2) is 7.35. The summed E-state index contributed by atoms with van der Waals surface area (Å²) in [6.45, 7) is 2.74. The second-order valence-electron chi connectivity index (χ2n) is 6.09. The summed E-state index contributed by atoms with van der Waals surface area (Å²) in [4.78, 5) is 36.3. The van der Waals surface area contributed by atoms with Crippen molar-refractivity contribution < 1.29 is 18.7 Å². The molecule has 0 N–H and O–H groups in total. The van der Waals surface area contributed by atoms with Crippen LogP contribution in [0, 0.1) is 0 Å². The van der Waals surface area contributed by atoms with Gasteiger partial charge in [-0.25, -0.2) is 4.79 Å². The first-order chi connectivity index (χ1) is 12.5. The lowest BCUT2D eigenvalue weighted by Gasteiger charge is -2.19. The smallest absolute Gasteiger partial charge is 0.343 e. The lowest BCUT2D eigenvalue weighted by atomic mass is 9.87. The third-order valence-electron chi connectivity index (χ3n) is 4.09. The highest BCUT2D eigenvalue weighted by Gasteiger charge is 2.27. The van der Waals surface area contributed by atoms with Gasteiger partial charge in [-0.3, -0.25) is 9.59 Å². The molecule has 0 aliphatic carbocycles. The standard InChI is InChI=1S/C21H18O5/c1-13(22)12-17(15-8-4-3-5-9-15)19-20(25-14(2)23)16-10-6-7-11-18(16)26-21(19)24/h3-11,17H,12H2,1-2H3/t17-/m0/s1. The first kappa shape index (κ1) is 17.6. The Balaban J connectivity index is 2.32. The van der Waals surface area contributed by atoms with Gasteiger partial charge in [0.05, 0.1) is 10.9 Å². The van der Waals surface area contributed by atoms with Crippen LogP contribution in [-0.2, 0) is 9.59 Å². The molecule has 1 heterocycles. The van der Waals surface area contributed by atoms with E-state index in [1.54, 1.807) is 24.3 Å². The number of ketones is 1. The highest BCUT2D eigenvalue weighted by atomic mass is 16.5. The Kier molecular flexibility index (Phi) is 4.98. The van der Waals surface area contributed by atoms with E-state index in [1.807, 2.05) is 30.3 Å². The van der Waals surface area contributed by atoms with Crippen LogP contribution in [0.25, 0.3) is 11.0 Å². The Morgan fingerprint density at radius 3 is 2.31 bits per heavy atom. The fraction of sp³-hybridized carbons (Fsp3) is 0.190. The normalized spacial score (nSPS) is 11.9. The zero-order valence-electron chi connectivity index (χ0n) is 14.5. The van der Waals surface area contributed by atoms with Crippen LogP contribution in [-0.4, -0.2) is 11.8 Å². The molecular weight excluding hydrogens is 332 g/mol. The van der Waals surface area contributed by atoms with Crippen LogP contribution in [0.3, 0.4) is 0 Å². The van der Waals surface area contributed by atoms with Gasteiger partial charge in [-0.15, -0.1) is 0 Å². The van der Waals surface area contributed by atoms with Gasteiger partial charge in [0.15, 0.2) is 5.75 Å². The number of ether oxygens (including phenoxy) is 1. The molecule has 0 radical (unpaired) electrons. The number of benzene rings is 2. The quantitative estimate of drug-likeness (QED) is 0.516. The molecule has 1 atom stereocenters. The topological polar surface area (TPSA) is 73.6 Å². The van der Waals surface area contributed by atoms with Crippen molar-refractivity contribution in [1.29, 1.82) is 0 Å². The maximum atomic E-state index is 12.8. The minimum atomic E-state index is -0.616. The molecule has 2 aromatic carbocycles. The van der Waals surface area contributed by atoms with Crippen molar-refractivity contribution in [2.45, 2.75) is 26.2 Å². The maximum Gasteiger partial charge on any atom is 0.343 e. The number of para-hydroxylation sites is 1. The number of rotatable bonds is 5. The van der Waals surface area contributed by atoms with E-state index in [1.165, 1.54) is 13.8 Å². The summed E-state index contributed by atoms with van der Waals surface area (Å²) in [5.74, 6) is -1.04. The minimum Gasteiger partial charge on any atom is -0.425 e. The molecule has 1 aromatic heterocycles. The zero-order chi connectivity index (χ0) is 18.7. The van der Waals surface area contributed by atoms with Crippen LogP contribution < -0.4 is 10.4 Å².